The maximum absolute atomic E-state index is 14.0. The highest BCUT2D eigenvalue weighted by Crippen LogP contribution is 2.46. The van der Waals surface area contributed by atoms with Crippen molar-refractivity contribution in [2.45, 2.75) is 70.3 Å². The van der Waals surface area contributed by atoms with Gasteiger partial charge in [-0.2, -0.15) is 18.0 Å². The maximum Gasteiger partial charge on any atom is 0.416 e. The molecule has 1 fully saturated rings. The Morgan fingerprint density at radius 1 is 1.07 bits per heavy atom. The quantitative estimate of drug-likeness (QED) is 0.307. The number of carboxylic acid groups (broad SMARTS) is 1. The van der Waals surface area contributed by atoms with Gasteiger partial charge < -0.3 is 14.9 Å². The van der Waals surface area contributed by atoms with Gasteiger partial charge in [0, 0.05) is 40.7 Å². The molecule has 1 aromatic heterocycles. The number of alkyl halides is 3. The van der Waals surface area contributed by atoms with E-state index in [-0.39, 0.29) is 42.7 Å². The van der Waals surface area contributed by atoms with Gasteiger partial charge in [0.05, 0.1) is 18.7 Å². The van der Waals surface area contributed by atoms with Crippen LogP contribution in [0, 0.1) is 11.8 Å². The third-order valence-electron chi connectivity index (χ3n) is 8.28. The van der Waals surface area contributed by atoms with E-state index in [1.165, 1.54) is 10.9 Å². The van der Waals surface area contributed by atoms with Crippen LogP contribution in [0.3, 0.4) is 0 Å². The zero-order valence-corrected chi connectivity index (χ0v) is 25.1. The summed E-state index contributed by atoms with van der Waals surface area (Å²) < 4.78 is 42.0. The van der Waals surface area contributed by atoms with Crippen molar-refractivity contribution in [2.75, 3.05) is 9.80 Å². The summed E-state index contributed by atoms with van der Waals surface area (Å²) in [6, 6.07) is 7.46. The van der Waals surface area contributed by atoms with E-state index in [9.17, 15) is 22.8 Å². The molecule has 5 rings (SSSR count). The molecular formula is C29H31Cl2F3N6O3. The first-order valence-electron chi connectivity index (χ1n) is 14.0. The summed E-state index contributed by atoms with van der Waals surface area (Å²) in [6.45, 7) is 2.04. The number of hydrogen-bond donors (Lipinski definition) is 1. The minimum atomic E-state index is -4.60. The molecule has 2 atom stereocenters. The first kappa shape index (κ1) is 31.1. The van der Waals surface area contributed by atoms with E-state index in [1.54, 1.807) is 35.0 Å². The van der Waals surface area contributed by atoms with E-state index in [0.29, 0.717) is 59.0 Å². The average Bonchev–Trinajstić information content (AvgIpc) is 3.35. The number of nitrogens with zero attached hydrogens (tertiary/aromatic N) is 6. The first-order valence-corrected chi connectivity index (χ1v) is 14.8. The fraction of sp³-hybridized carbons (Fsp3) is 0.483. The van der Waals surface area contributed by atoms with Gasteiger partial charge >= 0.3 is 12.1 Å². The molecule has 0 unspecified atom stereocenters. The Balaban J connectivity index is 1.54. The molecule has 230 valence electrons. The van der Waals surface area contributed by atoms with Crippen LogP contribution in [0.2, 0.25) is 10.0 Å². The van der Waals surface area contributed by atoms with E-state index < -0.39 is 23.8 Å². The van der Waals surface area contributed by atoms with Crippen molar-refractivity contribution < 1.29 is 27.9 Å². The van der Waals surface area contributed by atoms with E-state index in [1.807, 2.05) is 6.92 Å². The number of carbonyl (C=O) groups excluding carboxylic acids is 1. The Kier molecular flexibility index (Phi) is 8.89. The van der Waals surface area contributed by atoms with Crippen molar-refractivity contribution in [3.05, 3.63) is 63.1 Å². The minimum Gasteiger partial charge on any atom is -0.481 e. The average molecular weight is 640 g/mol. The summed E-state index contributed by atoms with van der Waals surface area (Å²) in [5.74, 6) is -1.14. The Morgan fingerprint density at radius 3 is 2.33 bits per heavy atom. The van der Waals surface area contributed by atoms with Gasteiger partial charge in [0.25, 0.3) is 5.95 Å². The molecule has 1 aliphatic carbocycles. The third-order valence-corrected chi connectivity index (χ3v) is 8.72. The number of fused-ring (bicyclic) bond motifs is 1. The van der Waals surface area contributed by atoms with E-state index >= 15 is 0 Å². The molecular weight excluding hydrogens is 608 g/mol. The molecule has 0 spiro atoms. The number of tetrazole rings is 1. The standard InChI is InChI=1S/C29H31Cl2F3N6O3/c1-16-9-25(39(28-35-37-38(2)36-28)15-18-10-21(30)14-22(31)11-18)23-13-20(29(32,33)34)7-8-24(23)40(16)27(43)19-5-3-17(4-6-19)12-26(41)42/h7-8,10-11,13-14,16-17,19,25H,3-6,9,12,15H2,1-2H3,(H,41,42)/t16-,17-,19-,25+/m1/s1. The SMILES string of the molecule is C[C@@H]1C[C@H](N(Cc2cc(Cl)cc(Cl)c2)c2nnn(C)n2)c2cc(C(F)(F)F)ccc2N1C(=O)[C@H]1CC[C@H](CC(=O)O)CC1. The number of anilines is 2. The molecule has 1 saturated carbocycles. The van der Waals surface area contributed by atoms with Crippen molar-refractivity contribution >= 4 is 46.7 Å². The molecule has 2 aromatic carbocycles. The van der Waals surface area contributed by atoms with E-state index in [4.69, 9.17) is 28.3 Å². The number of rotatable bonds is 7. The number of carboxylic acids is 1. The molecule has 2 heterocycles. The van der Waals surface area contributed by atoms with Gasteiger partial charge in [-0.15, -0.1) is 5.10 Å². The predicted octanol–water partition coefficient (Wildman–Crippen LogP) is 6.69. The van der Waals surface area contributed by atoms with Gasteiger partial charge in [0.2, 0.25) is 5.91 Å². The number of aryl methyl sites for hydroxylation is 1. The normalized spacial score (nSPS) is 22.3. The Morgan fingerprint density at radius 2 is 1.74 bits per heavy atom. The number of amides is 1. The van der Waals surface area contributed by atoms with Gasteiger partial charge in [-0.1, -0.05) is 28.3 Å². The van der Waals surface area contributed by atoms with Crippen molar-refractivity contribution in [3.8, 4) is 0 Å². The molecule has 9 nitrogen and oxygen atoms in total. The lowest BCUT2D eigenvalue weighted by atomic mass is 9.79. The maximum atomic E-state index is 14.0. The molecule has 14 heteroatoms. The summed E-state index contributed by atoms with van der Waals surface area (Å²) in [5.41, 5.74) is 0.585. The Hall–Kier alpha value is -3.38. The van der Waals surface area contributed by atoms with Crippen LogP contribution in [-0.2, 0) is 29.4 Å². The van der Waals surface area contributed by atoms with Crippen LogP contribution in [-0.4, -0.2) is 43.2 Å². The highest BCUT2D eigenvalue weighted by atomic mass is 35.5. The van der Waals surface area contributed by atoms with Crippen LogP contribution < -0.4 is 9.80 Å². The summed E-state index contributed by atoms with van der Waals surface area (Å²) in [4.78, 5) is 29.8. The topological polar surface area (TPSA) is 104 Å². The molecule has 2 aliphatic rings. The van der Waals surface area contributed by atoms with Crippen molar-refractivity contribution in [1.82, 2.24) is 20.2 Å². The van der Waals surface area contributed by atoms with Crippen molar-refractivity contribution in [2.24, 2.45) is 18.9 Å². The molecule has 0 saturated heterocycles. The summed E-state index contributed by atoms with van der Waals surface area (Å²) in [7, 11) is 1.59. The van der Waals surface area contributed by atoms with Crippen LogP contribution in [0.4, 0.5) is 24.8 Å². The number of aliphatic carboxylic acids is 1. The number of halogens is 5. The summed E-state index contributed by atoms with van der Waals surface area (Å²) >= 11 is 12.5. The molecule has 43 heavy (non-hydrogen) atoms. The second kappa shape index (κ2) is 12.3. The fourth-order valence-corrected chi connectivity index (χ4v) is 6.88. The van der Waals surface area contributed by atoms with Gasteiger partial charge in [-0.25, -0.2) is 0 Å². The Labute approximate surface area is 256 Å². The van der Waals surface area contributed by atoms with Gasteiger partial charge in [-0.3, -0.25) is 9.59 Å². The minimum absolute atomic E-state index is 0.0133. The van der Waals surface area contributed by atoms with Crippen LogP contribution >= 0.6 is 23.2 Å². The lowest BCUT2D eigenvalue weighted by Crippen LogP contribution is -2.49. The number of aromatic nitrogens is 4. The largest absolute Gasteiger partial charge is 0.481 e. The first-order chi connectivity index (χ1) is 20.3. The highest BCUT2D eigenvalue weighted by Gasteiger charge is 2.42. The van der Waals surface area contributed by atoms with Crippen LogP contribution in [0.1, 0.15) is 68.2 Å². The lowest BCUT2D eigenvalue weighted by molar-refractivity contribution is -0.139. The zero-order chi connectivity index (χ0) is 31.1. The number of hydrogen-bond acceptors (Lipinski definition) is 6. The van der Waals surface area contributed by atoms with Crippen LogP contribution in [0.5, 0.6) is 0 Å². The monoisotopic (exact) mass is 638 g/mol. The third kappa shape index (κ3) is 6.90. The van der Waals surface area contributed by atoms with Gasteiger partial charge in [-0.05, 0) is 97.7 Å². The van der Waals surface area contributed by atoms with Crippen molar-refractivity contribution in [3.63, 3.8) is 0 Å². The summed E-state index contributed by atoms with van der Waals surface area (Å²) in [5, 5.41) is 22.4. The molecule has 0 bridgehead atoms. The van der Waals surface area contributed by atoms with E-state index in [0.717, 1.165) is 12.1 Å². The van der Waals surface area contributed by atoms with Crippen LogP contribution in [0.15, 0.2) is 36.4 Å². The smallest absolute Gasteiger partial charge is 0.416 e. The highest BCUT2D eigenvalue weighted by molar-refractivity contribution is 6.34. The number of carbonyl (C=O) groups is 2. The molecule has 0 radical (unpaired) electrons. The second-order valence-corrected chi connectivity index (χ2v) is 12.3. The van der Waals surface area contributed by atoms with Crippen molar-refractivity contribution in [1.29, 1.82) is 0 Å². The van der Waals surface area contributed by atoms with E-state index in [2.05, 4.69) is 15.4 Å². The molecule has 1 aliphatic heterocycles. The molecule has 1 N–H and O–H groups in total. The zero-order valence-electron chi connectivity index (χ0n) is 23.6. The van der Waals surface area contributed by atoms with Gasteiger partial charge in [0.1, 0.15) is 0 Å². The lowest BCUT2D eigenvalue weighted by Gasteiger charge is -2.45. The fourth-order valence-electron chi connectivity index (χ4n) is 6.31. The number of benzene rings is 2. The summed E-state index contributed by atoms with van der Waals surface area (Å²) in [6.07, 6.45) is -1.95. The second-order valence-electron chi connectivity index (χ2n) is 11.4. The molecule has 3 aromatic rings. The van der Waals surface area contributed by atoms with Gasteiger partial charge in [0.15, 0.2) is 0 Å². The Bertz CT molecular complexity index is 1490. The van der Waals surface area contributed by atoms with Crippen LogP contribution in [0.25, 0.3) is 0 Å². The molecule has 1 amide bonds. The predicted molar refractivity (Wildman–Crippen MR) is 155 cm³/mol.